The highest BCUT2D eigenvalue weighted by atomic mass is 19.1. The van der Waals surface area contributed by atoms with E-state index in [1.807, 2.05) is 0 Å². The molecule has 0 aromatic carbocycles. The molecule has 0 aromatic rings. The van der Waals surface area contributed by atoms with Crippen LogP contribution in [0.3, 0.4) is 0 Å². The highest BCUT2D eigenvalue weighted by molar-refractivity contribution is 5.83. The third kappa shape index (κ3) is 5.28. The van der Waals surface area contributed by atoms with Crippen molar-refractivity contribution in [3.63, 3.8) is 0 Å². The number of piperidine rings is 1. The predicted molar refractivity (Wildman–Crippen MR) is 130 cm³/mol. The van der Waals surface area contributed by atoms with Crippen molar-refractivity contribution in [2.24, 2.45) is 17.6 Å². The second-order valence-corrected chi connectivity index (χ2v) is 10.8. The molecule has 1 saturated carbocycles. The summed E-state index contributed by atoms with van der Waals surface area (Å²) >= 11 is 0. The zero-order valence-electron chi connectivity index (χ0n) is 20.4. The molecule has 0 spiro atoms. The number of ether oxygens (including phenoxy) is 1. The maximum Gasteiger partial charge on any atom is 0.232 e. The molecule has 5 rings (SSSR count). The molecule has 34 heavy (non-hydrogen) atoms. The van der Waals surface area contributed by atoms with Gasteiger partial charge in [0.1, 0.15) is 12.1 Å². The Labute approximate surface area is 203 Å². The first kappa shape index (κ1) is 24.4. The van der Waals surface area contributed by atoms with E-state index in [9.17, 15) is 9.18 Å². The zero-order valence-corrected chi connectivity index (χ0v) is 20.4. The van der Waals surface area contributed by atoms with Crippen LogP contribution in [0, 0.1) is 11.8 Å². The van der Waals surface area contributed by atoms with Gasteiger partial charge in [0.15, 0.2) is 0 Å². The monoisotopic (exact) mass is 478 g/mol. The number of rotatable bonds is 3. The molecule has 1 amide bonds. The van der Waals surface area contributed by atoms with Gasteiger partial charge in [-0.15, -0.1) is 0 Å². The van der Waals surface area contributed by atoms with E-state index in [0.717, 1.165) is 77.2 Å². The summed E-state index contributed by atoms with van der Waals surface area (Å²) in [5.74, 6) is -0.239. The molecule has 6 N–H and O–H groups in total. The lowest BCUT2D eigenvalue weighted by atomic mass is 9.83. The van der Waals surface area contributed by atoms with Crippen molar-refractivity contribution in [3.05, 3.63) is 11.3 Å². The first-order valence-corrected chi connectivity index (χ1v) is 13.6. The van der Waals surface area contributed by atoms with Crippen LogP contribution in [-0.2, 0) is 9.53 Å². The van der Waals surface area contributed by atoms with Gasteiger partial charge in [-0.1, -0.05) is 12.8 Å². The largest absolute Gasteiger partial charge is 0.385 e. The predicted octanol–water partition coefficient (Wildman–Crippen LogP) is 0.594. The van der Waals surface area contributed by atoms with Gasteiger partial charge < -0.3 is 26.4 Å². The second-order valence-electron chi connectivity index (χ2n) is 10.8. The Morgan fingerprint density at radius 3 is 2.79 bits per heavy atom. The molecule has 0 aromatic heterocycles. The third-order valence-corrected chi connectivity index (χ3v) is 8.69. The van der Waals surface area contributed by atoms with E-state index < -0.39 is 18.3 Å². The first-order chi connectivity index (χ1) is 16.6. The Bertz CT molecular complexity index is 745. The van der Waals surface area contributed by atoms with E-state index in [-0.39, 0.29) is 24.5 Å². The van der Waals surface area contributed by atoms with Crippen LogP contribution < -0.4 is 27.0 Å². The average Bonchev–Trinajstić information content (AvgIpc) is 3.13. The van der Waals surface area contributed by atoms with E-state index in [1.165, 1.54) is 18.4 Å². The van der Waals surface area contributed by atoms with Gasteiger partial charge in [-0.05, 0) is 56.6 Å². The SMILES string of the molecule is NC1NC2CCC(F)CNC(=C3CCCCCC32)C1C(=O)NC1CNCCC1N1CCOCC1. The first-order valence-electron chi connectivity index (χ1n) is 13.6. The second kappa shape index (κ2) is 11.2. The lowest BCUT2D eigenvalue weighted by molar-refractivity contribution is -0.126. The fraction of sp³-hybridized carbons (Fsp3) is 0.880. The molecule has 2 bridgehead atoms. The summed E-state index contributed by atoms with van der Waals surface area (Å²) in [6.45, 7) is 5.26. The summed E-state index contributed by atoms with van der Waals surface area (Å²) in [6, 6.07) is 0.440. The van der Waals surface area contributed by atoms with Crippen LogP contribution in [0.4, 0.5) is 4.39 Å². The minimum Gasteiger partial charge on any atom is -0.385 e. The van der Waals surface area contributed by atoms with Crippen molar-refractivity contribution in [1.29, 1.82) is 0 Å². The number of carbonyl (C=O) groups excluding carboxylic acids is 1. The number of hydrogen-bond donors (Lipinski definition) is 5. The molecule has 9 heteroatoms. The van der Waals surface area contributed by atoms with Gasteiger partial charge in [-0.25, -0.2) is 4.39 Å². The van der Waals surface area contributed by atoms with Crippen LogP contribution in [0.5, 0.6) is 0 Å². The van der Waals surface area contributed by atoms with Gasteiger partial charge in [0.2, 0.25) is 5.91 Å². The molecule has 0 radical (unpaired) electrons. The van der Waals surface area contributed by atoms with Gasteiger partial charge in [0, 0.05) is 44.0 Å². The molecular formula is C25H43FN6O2. The van der Waals surface area contributed by atoms with Gasteiger partial charge in [-0.3, -0.25) is 15.0 Å². The maximum atomic E-state index is 14.7. The highest BCUT2D eigenvalue weighted by Crippen LogP contribution is 2.39. The Morgan fingerprint density at radius 2 is 1.94 bits per heavy atom. The number of amides is 1. The smallest absolute Gasteiger partial charge is 0.232 e. The number of nitrogens with zero attached hydrogens (tertiary/aromatic N) is 1. The van der Waals surface area contributed by atoms with E-state index in [1.54, 1.807) is 0 Å². The van der Waals surface area contributed by atoms with Crippen LogP contribution in [0.2, 0.25) is 0 Å². The summed E-state index contributed by atoms with van der Waals surface area (Å²) in [4.78, 5) is 16.4. The average molecular weight is 479 g/mol. The van der Waals surface area contributed by atoms with Crippen molar-refractivity contribution >= 4 is 5.91 Å². The number of alkyl halides is 1. The van der Waals surface area contributed by atoms with Crippen molar-refractivity contribution < 1.29 is 13.9 Å². The van der Waals surface area contributed by atoms with Crippen molar-refractivity contribution in [2.75, 3.05) is 45.9 Å². The summed E-state index contributed by atoms with van der Waals surface area (Å²) in [5.41, 5.74) is 8.95. The Morgan fingerprint density at radius 1 is 1.09 bits per heavy atom. The number of hydrogen-bond acceptors (Lipinski definition) is 7. The summed E-state index contributed by atoms with van der Waals surface area (Å²) in [5, 5.41) is 13.9. The van der Waals surface area contributed by atoms with Crippen molar-refractivity contribution in [2.45, 2.75) is 81.8 Å². The van der Waals surface area contributed by atoms with Gasteiger partial charge >= 0.3 is 0 Å². The van der Waals surface area contributed by atoms with Crippen molar-refractivity contribution in [1.82, 2.24) is 26.2 Å². The topological polar surface area (TPSA) is 104 Å². The fourth-order valence-electron chi connectivity index (χ4n) is 6.93. The van der Waals surface area contributed by atoms with Crippen LogP contribution in [0.15, 0.2) is 11.3 Å². The normalized spacial score (nSPS) is 40.1. The molecule has 2 saturated heterocycles. The minimum atomic E-state index is -0.909. The number of halogens is 1. The molecule has 1 aliphatic carbocycles. The standard InChI is InChI=1S/C25H43FN6O2/c26-16-6-7-19-17-4-2-1-3-5-18(17)23(29-14-16)22(24(27)30-19)25(33)31-20-15-28-9-8-21(20)32-10-12-34-13-11-32/h16-17,19-22,24,28-30H,1-15,27H2,(H,31,33). The van der Waals surface area contributed by atoms with Crippen LogP contribution in [0.25, 0.3) is 0 Å². The number of morpholine rings is 1. The lowest BCUT2D eigenvalue weighted by Crippen LogP contribution is -2.63. The Kier molecular flexibility index (Phi) is 8.05. The molecular weight excluding hydrogens is 435 g/mol. The zero-order chi connectivity index (χ0) is 23.5. The molecule has 7 unspecified atom stereocenters. The molecule has 8 nitrogen and oxygen atoms in total. The molecule has 192 valence electrons. The molecule has 4 aliphatic heterocycles. The van der Waals surface area contributed by atoms with E-state index in [2.05, 4.69) is 26.2 Å². The van der Waals surface area contributed by atoms with Crippen molar-refractivity contribution in [3.8, 4) is 0 Å². The van der Waals surface area contributed by atoms with E-state index >= 15 is 0 Å². The van der Waals surface area contributed by atoms with Crippen LogP contribution in [-0.4, -0.2) is 87.2 Å². The maximum absolute atomic E-state index is 14.7. The Hall–Kier alpha value is -1.26. The van der Waals surface area contributed by atoms with E-state index in [0.29, 0.717) is 18.4 Å². The number of nitrogens with two attached hydrogens (primary N) is 1. The van der Waals surface area contributed by atoms with Crippen LogP contribution >= 0.6 is 0 Å². The third-order valence-electron chi connectivity index (χ3n) is 8.69. The van der Waals surface area contributed by atoms with Gasteiger partial charge in [0.05, 0.1) is 25.4 Å². The molecule has 4 heterocycles. The quantitative estimate of drug-likeness (QED) is 0.405. The Balaban J connectivity index is 1.41. The summed E-state index contributed by atoms with van der Waals surface area (Å²) in [7, 11) is 0. The molecule has 3 fully saturated rings. The highest BCUT2D eigenvalue weighted by Gasteiger charge is 2.43. The lowest BCUT2D eigenvalue weighted by Gasteiger charge is -2.42. The summed E-state index contributed by atoms with van der Waals surface area (Å²) < 4.78 is 20.2. The molecule has 7 atom stereocenters. The van der Waals surface area contributed by atoms with E-state index in [4.69, 9.17) is 10.5 Å². The summed E-state index contributed by atoms with van der Waals surface area (Å²) in [6.07, 6.45) is 6.47. The fourth-order valence-corrected chi connectivity index (χ4v) is 6.93. The number of carbonyl (C=O) groups is 1. The molecule has 5 aliphatic rings. The minimum absolute atomic E-state index is 0.0172. The van der Waals surface area contributed by atoms with Crippen LogP contribution in [0.1, 0.15) is 51.4 Å². The van der Waals surface area contributed by atoms with Gasteiger partial charge in [0.25, 0.3) is 0 Å². The number of nitrogens with one attached hydrogen (secondary N) is 4. The van der Waals surface area contributed by atoms with Gasteiger partial charge in [-0.2, -0.15) is 0 Å².